The summed E-state index contributed by atoms with van der Waals surface area (Å²) in [5.74, 6) is -7.85. The van der Waals surface area contributed by atoms with Gasteiger partial charge in [-0.25, -0.2) is 14.4 Å². The lowest BCUT2D eigenvalue weighted by Gasteiger charge is -2.47. The van der Waals surface area contributed by atoms with Crippen molar-refractivity contribution in [2.45, 2.75) is 57.8 Å². The number of aliphatic carboxylic acids is 3. The number of fused-ring (bicyclic) bond motifs is 1. The minimum absolute atomic E-state index is 0.112. The van der Waals surface area contributed by atoms with Crippen LogP contribution in [0, 0.1) is 10.8 Å². The summed E-state index contributed by atoms with van der Waals surface area (Å²) < 4.78 is 95.2. The van der Waals surface area contributed by atoms with Crippen molar-refractivity contribution in [3.05, 3.63) is 52.5 Å². The zero-order valence-electron chi connectivity index (χ0n) is 26.9. The molecule has 0 saturated carbocycles. The Morgan fingerprint density at radius 3 is 1.69 bits per heavy atom. The number of amides is 1. The normalized spacial score (nSPS) is 20.5. The Labute approximate surface area is 289 Å². The second kappa shape index (κ2) is 17.5. The third-order valence-electron chi connectivity index (χ3n) is 8.58. The van der Waals surface area contributed by atoms with Crippen LogP contribution < -0.4 is 0 Å². The van der Waals surface area contributed by atoms with Gasteiger partial charge in [-0.3, -0.25) is 19.6 Å². The van der Waals surface area contributed by atoms with Crippen LogP contribution in [-0.4, -0.2) is 117 Å². The first-order valence-electron chi connectivity index (χ1n) is 15.0. The van der Waals surface area contributed by atoms with E-state index in [1.165, 1.54) is 11.1 Å². The van der Waals surface area contributed by atoms with E-state index in [2.05, 4.69) is 49.5 Å². The van der Waals surface area contributed by atoms with Gasteiger partial charge in [0.2, 0.25) is 5.91 Å². The number of hydrogen-bond acceptors (Lipinski definition) is 8. The topological polar surface area (TPSA) is 152 Å². The molecule has 21 heteroatoms. The molecule has 11 nitrogen and oxygen atoms in total. The number of alkyl halides is 9. The molecule has 5 rings (SSSR count). The molecule has 3 fully saturated rings. The fraction of sp³-hybridized carbons (Fsp3) is 0.567. The summed E-state index contributed by atoms with van der Waals surface area (Å²) in [4.78, 5) is 51.9. The number of nitrogens with zero attached hydrogens (tertiary/aromatic N) is 4. The third kappa shape index (κ3) is 12.1. The van der Waals surface area contributed by atoms with Crippen LogP contribution in [0.5, 0.6) is 0 Å². The monoisotopic (exact) mass is 766 g/mol. The highest BCUT2D eigenvalue weighted by Crippen LogP contribution is 2.58. The predicted octanol–water partition coefficient (Wildman–Crippen LogP) is 5.38. The van der Waals surface area contributed by atoms with Crippen LogP contribution >= 0.6 is 11.3 Å². The van der Waals surface area contributed by atoms with Crippen molar-refractivity contribution in [2.75, 3.05) is 39.3 Å². The smallest absolute Gasteiger partial charge is 0.475 e. The number of halogens is 9. The van der Waals surface area contributed by atoms with Gasteiger partial charge in [0.25, 0.3) is 0 Å². The lowest BCUT2D eigenvalue weighted by atomic mass is 9.60. The van der Waals surface area contributed by atoms with Gasteiger partial charge in [0, 0.05) is 57.1 Å². The van der Waals surface area contributed by atoms with Gasteiger partial charge in [-0.2, -0.15) is 50.9 Å². The fourth-order valence-corrected chi connectivity index (χ4v) is 6.90. The summed E-state index contributed by atoms with van der Waals surface area (Å²) in [6.45, 7) is 9.96. The van der Waals surface area contributed by atoms with Crippen LogP contribution in [0.2, 0.25) is 0 Å². The molecule has 1 unspecified atom stereocenters. The Morgan fingerprint density at radius 1 is 0.784 bits per heavy atom. The van der Waals surface area contributed by atoms with Crippen molar-refractivity contribution in [1.82, 2.24) is 19.7 Å². The molecule has 3 N–H and O–H groups in total. The van der Waals surface area contributed by atoms with Gasteiger partial charge in [0.1, 0.15) is 0 Å². The summed E-state index contributed by atoms with van der Waals surface area (Å²) in [5, 5.41) is 25.8. The van der Waals surface area contributed by atoms with E-state index < -0.39 is 36.4 Å². The van der Waals surface area contributed by atoms with Crippen LogP contribution in [0.15, 0.2) is 41.4 Å². The molecular weight excluding hydrogens is 731 g/mol. The molecule has 2 aromatic rings. The average molecular weight is 767 g/mol. The maximum absolute atomic E-state index is 13.6. The maximum Gasteiger partial charge on any atom is 0.490 e. The van der Waals surface area contributed by atoms with Crippen molar-refractivity contribution in [1.29, 1.82) is 0 Å². The average Bonchev–Trinajstić information content (AvgIpc) is 3.73. The van der Waals surface area contributed by atoms with Crippen LogP contribution in [0.4, 0.5) is 39.5 Å². The molecule has 0 bridgehead atoms. The van der Waals surface area contributed by atoms with Crippen molar-refractivity contribution in [3.8, 4) is 0 Å². The Morgan fingerprint density at radius 2 is 1.29 bits per heavy atom. The van der Waals surface area contributed by atoms with E-state index in [0.29, 0.717) is 5.91 Å². The highest BCUT2D eigenvalue weighted by Gasteiger charge is 2.64. The Bertz CT molecular complexity index is 1390. The highest BCUT2D eigenvalue weighted by atomic mass is 32.1. The standard InChI is InChI=1S/C24H32N4OS.3C2HF3O2/c1-2-28-12-8-24(22(28)29)19-27(15-20-4-3-9-25-14-20)18-23(24)6-10-26(11-7-23)16-21-5-13-30-17-21;3*3-2(4,5)1(6)7/h3-5,9,13-14,17H,2,6-8,10-12,15-16,18-19H2,1H3;3*(H,6,7). The van der Waals surface area contributed by atoms with E-state index in [1.807, 2.05) is 18.5 Å². The lowest BCUT2D eigenvalue weighted by Crippen LogP contribution is -2.52. The van der Waals surface area contributed by atoms with Crippen molar-refractivity contribution < 1.29 is 74.0 Å². The molecule has 0 aliphatic carbocycles. The number of likely N-dealkylation sites (tertiary alicyclic amines) is 3. The quantitative estimate of drug-likeness (QED) is 0.339. The number of hydrogen-bond donors (Lipinski definition) is 3. The van der Waals surface area contributed by atoms with Gasteiger partial charge >= 0.3 is 36.4 Å². The van der Waals surface area contributed by atoms with E-state index >= 15 is 0 Å². The second-order valence-corrected chi connectivity index (χ2v) is 12.6. The molecule has 1 atom stereocenters. The van der Waals surface area contributed by atoms with Crippen molar-refractivity contribution in [3.63, 3.8) is 0 Å². The number of carboxylic acids is 3. The van der Waals surface area contributed by atoms with Gasteiger partial charge in [0.05, 0.1) is 5.41 Å². The predicted molar refractivity (Wildman–Crippen MR) is 161 cm³/mol. The molecule has 5 heterocycles. The van der Waals surface area contributed by atoms with Gasteiger partial charge in [-0.15, -0.1) is 0 Å². The zero-order chi connectivity index (χ0) is 38.8. The molecular formula is C30H35F9N4O7S. The first kappa shape index (κ1) is 43.2. The molecule has 286 valence electrons. The zero-order valence-corrected chi connectivity index (χ0v) is 27.7. The van der Waals surface area contributed by atoms with Gasteiger partial charge < -0.3 is 20.2 Å². The van der Waals surface area contributed by atoms with E-state index in [0.717, 1.165) is 71.6 Å². The van der Waals surface area contributed by atoms with Gasteiger partial charge in [-0.1, -0.05) is 6.07 Å². The van der Waals surface area contributed by atoms with Crippen molar-refractivity contribution in [2.24, 2.45) is 10.8 Å². The van der Waals surface area contributed by atoms with E-state index in [1.54, 1.807) is 11.3 Å². The SMILES string of the molecule is CCN1CCC2(CN(Cc3cccnc3)CC23CCN(Cc2ccsc2)CC3)C1=O.O=C(O)C(F)(F)F.O=C(O)C(F)(F)F.O=C(O)C(F)(F)F. The molecule has 3 aliphatic heterocycles. The number of pyridine rings is 1. The van der Waals surface area contributed by atoms with E-state index in [-0.39, 0.29) is 10.8 Å². The highest BCUT2D eigenvalue weighted by molar-refractivity contribution is 7.07. The Hall–Kier alpha value is -3.98. The number of piperidine rings is 1. The van der Waals surface area contributed by atoms with Crippen LogP contribution in [0.25, 0.3) is 0 Å². The second-order valence-electron chi connectivity index (χ2n) is 11.8. The summed E-state index contributed by atoms with van der Waals surface area (Å²) in [7, 11) is 0. The first-order chi connectivity index (χ1) is 23.5. The summed E-state index contributed by atoms with van der Waals surface area (Å²) >= 11 is 1.78. The number of carboxylic acid groups (broad SMARTS) is 3. The summed E-state index contributed by atoms with van der Waals surface area (Å²) in [6.07, 6.45) is -8.17. The molecule has 0 radical (unpaired) electrons. The van der Waals surface area contributed by atoms with E-state index in [9.17, 15) is 44.3 Å². The van der Waals surface area contributed by atoms with Crippen molar-refractivity contribution >= 4 is 35.2 Å². The lowest BCUT2D eigenvalue weighted by molar-refractivity contribution is -0.193. The van der Waals surface area contributed by atoms with Gasteiger partial charge in [0.15, 0.2) is 0 Å². The molecule has 3 aliphatic rings. The Kier molecular flexibility index (Phi) is 14.8. The minimum Gasteiger partial charge on any atom is -0.475 e. The number of aromatic nitrogens is 1. The minimum atomic E-state index is -5.08. The molecule has 3 saturated heterocycles. The summed E-state index contributed by atoms with van der Waals surface area (Å²) in [5.41, 5.74) is 2.59. The number of rotatable bonds is 5. The van der Waals surface area contributed by atoms with Crippen LogP contribution in [0.3, 0.4) is 0 Å². The number of carbonyl (C=O) groups is 4. The largest absolute Gasteiger partial charge is 0.490 e. The van der Waals surface area contributed by atoms with E-state index in [4.69, 9.17) is 29.7 Å². The Balaban J connectivity index is 0.000000352. The number of carbonyl (C=O) groups excluding carboxylic acids is 1. The third-order valence-corrected chi connectivity index (χ3v) is 9.31. The summed E-state index contributed by atoms with van der Waals surface area (Å²) in [6, 6.07) is 6.41. The number of thiophene rings is 1. The first-order valence-corrected chi connectivity index (χ1v) is 16.0. The molecule has 0 aromatic carbocycles. The molecule has 2 spiro atoms. The molecule has 2 aromatic heterocycles. The molecule has 1 amide bonds. The maximum atomic E-state index is 13.6. The fourth-order valence-electron chi connectivity index (χ4n) is 6.24. The van der Waals surface area contributed by atoms with Crippen LogP contribution in [-0.2, 0) is 32.3 Å². The van der Waals surface area contributed by atoms with Gasteiger partial charge in [-0.05, 0) is 73.3 Å². The van der Waals surface area contributed by atoms with Crippen LogP contribution in [0.1, 0.15) is 37.3 Å². The molecule has 51 heavy (non-hydrogen) atoms.